The summed E-state index contributed by atoms with van der Waals surface area (Å²) in [5, 5.41) is 2.91. The third-order valence-electron chi connectivity index (χ3n) is 3.19. The van der Waals surface area contributed by atoms with Gasteiger partial charge in [0.05, 0.1) is 0 Å². The van der Waals surface area contributed by atoms with Gasteiger partial charge in [-0.05, 0) is 18.8 Å². The first-order chi connectivity index (χ1) is 8.00. The molecule has 0 aromatic rings. The van der Waals surface area contributed by atoms with Gasteiger partial charge in [0.15, 0.2) is 0 Å². The highest BCUT2D eigenvalue weighted by Gasteiger charge is 2.24. The number of hydrogen-bond donors (Lipinski definition) is 1. The highest BCUT2D eigenvalue weighted by molar-refractivity contribution is 5.79. The van der Waals surface area contributed by atoms with Gasteiger partial charge in [0.2, 0.25) is 11.8 Å². The summed E-state index contributed by atoms with van der Waals surface area (Å²) in [4.78, 5) is 24.8. The van der Waals surface area contributed by atoms with Crippen molar-refractivity contribution in [3.63, 3.8) is 0 Å². The summed E-state index contributed by atoms with van der Waals surface area (Å²) in [7, 11) is 0. The van der Waals surface area contributed by atoms with Gasteiger partial charge in [-0.15, -0.1) is 0 Å². The number of amides is 2. The number of carbonyl (C=O) groups excluding carboxylic acids is 2. The highest BCUT2D eigenvalue weighted by atomic mass is 16.2. The van der Waals surface area contributed by atoms with Crippen molar-refractivity contribution in [1.82, 2.24) is 10.2 Å². The minimum atomic E-state index is 0.0802. The molecule has 98 valence electrons. The molecular weight excluding hydrogens is 216 g/mol. The fourth-order valence-electron chi connectivity index (χ4n) is 1.95. The topological polar surface area (TPSA) is 49.4 Å². The number of hydrogen-bond acceptors (Lipinski definition) is 2. The van der Waals surface area contributed by atoms with Gasteiger partial charge < -0.3 is 10.2 Å². The second-order valence-electron chi connectivity index (χ2n) is 5.28. The molecule has 4 heteroatoms. The van der Waals surface area contributed by atoms with Gasteiger partial charge in [-0.2, -0.15) is 0 Å². The van der Waals surface area contributed by atoms with Gasteiger partial charge in [-0.1, -0.05) is 20.3 Å². The third kappa shape index (κ3) is 4.75. The maximum atomic E-state index is 11.6. The van der Waals surface area contributed by atoms with Crippen LogP contribution in [0.2, 0.25) is 0 Å². The van der Waals surface area contributed by atoms with E-state index in [-0.39, 0.29) is 17.7 Å². The predicted molar refractivity (Wildman–Crippen MR) is 67.4 cm³/mol. The van der Waals surface area contributed by atoms with Crippen LogP contribution >= 0.6 is 0 Å². The summed E-state index contributed by atoms with van der Waals surface area (Å²) in [6.45, 7) is 7.70. The lowest BCUT2D eigenvalue weighted by molar-refractivity contribution is -0.131. The van der Waals surface area contributed by atoms with Crippen molar-refractivity contribution in [1.29, 1.82) is 0 Å². The SMILES string of the molecule is CC(=O)N(CCNC(=O)C1CCC1)CC(C)C. The van der Waals surface area contributed by atoms with Crippen molar-refractivity contribution in [2.75, 3.05) is 19.6 Å². The Morgan fingerprint density at radius 1 is 1.35 bits per heavy atom. The summed E-state index contributed by atoms with van der Waals surface area (Å²) >= 11 is 0. The number of nitrogens with zero attached hydrogens (tertiary/aromatic N) is 1. The Balaban J connectivity index is 2.21. The first-order valence-electron chi connectivity index (χ1n) is 6.54. The molecule has 1 rings (SSSR count). The van der Waals surface area contributed by atoms with Gasteiger partial charge in [-0.25, -0.2) is 0 Å². The van der Waals surface area contributed by atoms with Crippen LogP contribution in [0.15, 0.2) is 0 Å². The normalized spacial score (nSPS) is 15.5. The Labute approximate surface area is 104 Å². The predicted octanol–water partition coefficient (Wildman–Crippen LogP) is 1.41. The molecule has 0 bridgehead atoms. The Morgan fingerprint density at radius 3 is 2.41 bits per heavy atom. The van der Waals surface area contributed by atoms with Gasteiger partial charge in [-0.3, -0.25) is 9.59 Å². The summed E-state index contributed by atoms with van der Waals surface area (Å²) in [6.07, 6.45) is 3.22. The Hall–Kier alpha value is -1.06. The van der Waals surface area contributed by atoms with Crippen LogP contribution in [-0.4, -0.2) is 36.3 Å². The van der Waals surface area contributed by atoms with Crippen molar-refractivity contribution in [2.24, 2.45) is 11.8 Å². The molecular formula is C13H24N2O2. The largest absolute Gasteiger partial charge is 0.354 e. The molecule has 1 fully saturated rings. The fourth-order valence-corrected chi connectivity index (χ4v) is 1.95. The minimum absolute atomic E-state index is 0.0802. The van der Waals surface area contributed by atoms with Crippen LogP contribution in [0.25, 0.3) is 0 Å². The molecule has 0 saturated heterocycles. The quantitative estimate of drug-likeness (QED) is 0.763. The van der Waals surface area contributed by atoms with Crippen LogP contribution in [0, 0.1) is 11.8 Å². The lowest BCUT2D eigenvalue weighted by Crippen LogP contribution is -2.41. The lowest BCUT2D eigenvalue weighted by Gasteiger charge is -2.26. The van der Waals surface area contributed by atoms with E-state index in [2.05, 4.69) is 19.2 Å². The average Bonchev–Trinajstić information content (AvgIpc) is 2.12. The molecule has 1 aliphatic carbocycles. The lowest BCUT2D eigenvalue weighted by atomic mass is 9.85. The van der Waals surface area contributed by atoms with Crippen LogP contribution < -0.4 is 5.32 Å². The smallest absolute Gasteiger partial charge is 0.223 e. The molecule has 2 amide bonds. The number of nitrogens with one attached hydrogen (secondary N) is 1. The first-order valence-corrected chi connectivity index (χ1v) is 6.54. The fraction of sp³-hybridized carbons (Fsp3) is 0.846. The maximum absolute atomic E-state index is 11.6. The van der Waals surface area contributed by atoms with E-state index in [1.165, 1.54) is 6.42 Å². The van der Waals surface area contributed by atoms with E-state index in [9.17, 15) is 9.59 Å². The standard InChI is InChI=1S/C13H24N2O2/c1-10(2)9-15(11(3)16)8-7-14-13(17)12-5-4-6-12/h10,12H,4-9H2,1-3H3,(H,14,17). The van der Waals surface area contributed by atoms with Crippen molar-refractivity contribution < 1.29 is 9.59 Å². The summed E-state index contributed by atoms with van der Waals surface area (Å²) in [5.74, 6) is 0.924. The molecule has 0 aliphatic heterocycles. The summed E-state index contributed by atoms with van der Waals surface area (Å²) < 4.78 is 0. The molecule has 1 aliphatic rings. The molecule has 0 radical (unpaired) electrons. The second-order valence-corrected chi connectivity index (χ2v) is 5.28. The zero-order chi connectivity index (χ0) is 12.8. The molecule has 0 aromatic heterocycles. The molecule has 0 aromatic carbocycles. The van der Waals surface area contributed by atoms with E-state index >= 15 is 0 Å². The van der Waals surface area contributed by atoms with Crippen LogP contribution in [0.3, 0.4) is 0 Å². The highest BCUT2D eigenvalue weighted by Crippen LogP contribution is 2.25. The zero-order valence-electron chi connectivity index (χ0n) is 11.2. The van der Waals surface area contributed by atoms with Crippen LogP contribution in [0.5, 0.6) is 0 Å². The van der Waals surface area contributed by atoms with Crippen molar-refractivity contribution >= 4 is 11.8 Å². The summed E-state index contributed by atoms with van der Waals surface area (Å²) in [6, 6.07) is 0. The first kappa shape index (κ1) is 14.0. The Kier molecular flexibility index (Phi) is 5.45. The van der Waals surface area contributed by atoms with E-state index in [0.29, 0.717) is 19.0 Å². The van der Waals surface area contributed by atoms with Gasteiger partial charge in [0, 0.05) is 32.5 Å². The van der Waals surface area contributed by atoms with Gasteiger partial charge in [0.1, 0.15) is 0 Å². The van der Waals surface area contributed by atoms with Crippen molar-refractivity contribution in [3.8, 4) is 0 Å². The Bertz CT molecular complexity index is 273. The van der Waals surface area contributed by atoms with Crippen LogP contribution in [0.4, 0.5) is 0 Å². The zero-order valence-corrected chi connectivity index (χ0v) is 11.2. The van der Waals surface area contributed by atoms with Gasteiger partial charge in [0.25, 0.3) is 0 Å². The number of rotatable bonds is 6. The molecule has 0 spiro atoms. The molecule has 0 atom stereocenters. The Morgan fingerprint density at radius 2 is 2.00 bits per heavy atom. The molecule has 0 heterocycles. The van der Waals surface area contributed by atoms with E-state index in [1.54, 1.807) is 11.8 Å². The third-order valence-corrected chi connectivity index (χ3v) is 3.19. The molecule has 17 heavy (non-hydrogen) atoms. The van der Waals surface area contributed by atoms with Crippen LogP contribution in [0.1, 0.15) is 40.0 Å². The van der Waals surface area contributed by atoms with E-state index < -0.39 is 0 Å². The minimum Gasteiger partial charge on any atom is -0.354 e. The van der Waals surface area contributed by atoms with Crippen molar-refractivity contribution in [2.45, 2.75) is 40.0 Å². The molecule has 0 unspecified atom stereocenters. The monoisotopic (exact) mass is 240 g/mol. The molecule has 4 nitrogen and oxygen atoms in total. The van der Waals surface area contributed by atoms with E-state index in [4.69, 9.17) is 0 Å². The summed E-state index contributed by atoms with van der Waals surface area (Å²) in [5.41, 5.74) is 0. The number of carbonyl (C=O) groups is 2. The van der Waals surface area contributed by atoms with E-state index in [1.807, 2.05) is 0 Å². The van der Waals surface area contributed by atoms with E-state index in [0.717, 1.165) is 19.4 Å². The average molecular weight is 240 g/mol. The molecule has 1 saturated carbocycles. The van der Waals surface area contributed by atoms with Gasteiger partial charge >= 0.3 is 0 Å². The second kappa shape index (κ2) is 6.62. The molecule has 1 N–H and O–H groups in total. The maximum Gasteiger partial charge on any atom is 0.223 e. The van der Waals surface area contributed by atoms with Crippen molar-refractivity contribution in [3.05, 3.63) is 0 Å². The van der Waals surface area contributed by atoms with Crippen LogP contribution in [-0.2, 0) is 9.59 Å².